The van der Waals surface area contributed by atoms with E-state index in [2.05, 4.69) is 21.9 Å². The summed E-state index contributed by atoms with van der Waals surface area (Å²) in [6.07, 6.45) is 6.00. The Labute approximate surface area is 132 Å². The Balaban J connectivity index is 1.77. The molecular formula is C16H26N4O2. The van der Waals surface area contributed by atoms with Crippen molar-refractivity contribution in [2.24, 2.45) is 5.92 Å². The van der Waals surface area contributed by atoms with E-state index >= 15 is 0 Å². The predicted octanol–water partition coefficient (Wildman–Crippen LogP) is 2.17. The van der Waals surface area contributed by atoms with Gasteiger partial charge >= 0.3 is 6.09 Å². The first kappa shape index (κ1) is 16.7. The van der Waals surface area contributed by atoms with Crippen molar-refractivity contribution in [3.05, 3.63) is 24.3 Å². The molecule has 6 nitrogen and oxygen atoms in total. The van der Waals surface area contributed by atoms with Gasteiger partial charge in [0.15, 0.2) is 0 Å². The Hall–Kier alpha value is -1.69. The van der Waals surface area contributed by atoms with Gasteiger partial charge in [0.05, 0.1) is 5.69 Å². The Bertz CT molecular complexity index is 487. The number of carbonyl (C=O) groups excluding carboxylic acids is 1. The van der Waals surface area contributed by atoms with E-state index in [9.17, 15) is 4.79 Å². The lowest BCUT2D eigenvalue weighted by molar-refractivity contribution is 0.0285. The minimum atomic E-state index is -0.433. The summed E-state index contributed by atoms with van der Waals surface area (Å²) in [4.78, 5) is 24.5. The molecule has 1 amide bonds. The van der Waals surface area contributed by atoms with Crippen LogP contribution in [-0.2, 0) is 11.3 Å². The molecule has 2 rings (SSSR count). The molecule has 1 fully saturated rings. The average Bonchev–Trinajstić information content (AvgIpc) is 2.86. The van der Waals surface area contributed by atoms with Crippen molar-refractivity contribution in [3.63, 3.8) is 0 Å². The molecule has 1 saturated heterocycles. The van der Waals surface area contributed by atoms with Crippen LogP contribution in [0.3, 0.4) is 0 Å². The molecule has 0 N–H and O–H groups in total. The smallest absolute Gasteiger partial charge is 0.410 e. The van der Waals surface area contributed by atoms with Crippen molar-refractivity contribution in [1.82, 2.24) is 19.8 Å². The second-order valence-corrected chi connectivity index (χ2v) is 6.97. The van der Waals surface area contributed by atoms with Gasteiger partial charge in [-0.2, -0.15) is 0 Å². The van der Waals surface area contributed by atoms with Gasteiger partial charge in [0.25, 0.3) is 0 Å². The number of nitrogens with zero attached hydrogens (tertiary/aromatic N) is 4. The maximum atomic E-state index is 12.1. The molecule has 1 atom stereocenters. The summed E-state index contributed by atoms with van der Waals surface area (Å²) in [5, 5.41) is 0. The third kappa shape index (κ3) is 5.26. The third-order valence-corrected chi connectivity index (χ3v) is 3.56. The summed E-state index contributed by atoms with van der Waals surface area (Å²) in [7, 11) is 2.07. The minimum absolute atomic E-state index is 0.202. The van der Waals surface area contributed by atoms with Crippen molar-refractivity contribution >= 4 is 6.09 Å². The average molecular weight is 306 g/mol. The third-order valence-electron chi connectivity index (χ3n) is 3.56. The van der Waals surface area contributed by atoms with Crippen molar-refractivity contribution < 1.29 is 9.53 Å². The van der Waals surface area contributed by atoms with E-state index in [1.165, 1.54) is 0 Å². The highest BCUT2D eigenvalue weighted by molar-refractivity contribution is 5.68. The summed E-state index contributed by atoms with van der Waals surface area (Å²) in [5.41, 5.74) is 0.532. The summed E-state index contributed by atoms with van der Waals surface area (Å²) in [6.45, 7) is 8.94. The first-order valence-electron chi connectivity index (χ1n) is 7.75. The van der Waals surface area contributed by atoms with Crippen LogP contribution < -0.4 is 0 Å². The summed E-state index contributed by atoms with van der Waals surface area (Å²) in [5.74, 6) is 0.481. The van der Waals surface area contributed by atoms with Crippen LogP contribution in [0.5, 0.6) is 0 Å². The summed E-state index contributed by atoms with van der Waals surface area (Å²) >= 11 is 0. The zero-order valence-electron chi connectivity index (χ0n) is 14.0. The number of amides is 1. The summed E-state index contributed by atoms with van der Waals surface area (Å²) < 4.78 is 5.43. The SMILES string of the molecule is CN(Cc1cnccn1)C[C@H]1CCN(C(=O)OC(C)(C)C)C1. The first-order chi connectivity index (χ1) is 10.3. The van der Waals surface area contributed by atoms with Gasteiger partial charge in [0.1, 0.15) is 5.60 Å². The molecular weight excluding hydrogens is 280 g/mol. The highest BCUT2D eigenvalue weighted by Crippen LogP contribution is 2.20. The normalized spacial score (nSPS) is 18.8. The Morgan fingerprint density at radius 3 is 2.86 bits per heavy atom. The van der Waals surface area contributed by atoms with Crippen LogP contribution in [0.4, 0.5) is 4.79 Å². The van der Waals surface area contributed by atoms with Crippen molar-refractivity contribution in [3.8, 4) is 0 Å². The topological polar surface area (TPSA) is 58.6 Å². The molecule has 122 valence electrons. The molecule has 1 aliphatic heterocycles. The Morgan fingerprint density at radius 2 is 2.23 bits per heavy atom. The Morgan fingerprint density at radius 1 is 1.45 bits per heavy atom. The monoisotopic (exact) mass is 306 g/mol. The number of ether oxygens (including phenoxy) is 1. The van der Waals surface area contributed by atoms with Gasteiger partial charge in [-0.1, -0.05) is 0 Å². The molecule has 0 aliphatic carbocycles. The van der Waals surface area contributed by atoms with Gasteiger partial charge in [0, 0.05) is 44.8 Å². The lowest BCUT2D eigenvalue weighted by Crippen LogP contribution is -2.36. The van der Waals surface area contributed by atoms with Crippen LogP contribution >= 0.6 is 0 Å². The molecule has 6 heteroatoms. The number of aromatic nitrogens is 2. The molecule has 0 radical (unpaired) electrons. The number of likely N-dealkylation sites (tertiary alicyclic amines) is 1. The molecule has 2 heterocycles. The van der Waals surface area contributed by atoms with E-state index in [1.54, 1.807) is 18.6 Å². The maximum absolute atomic E-state index is 12.1. The van der Waals surface area contributed by atoms with Gasteiger partial charge in [0.2, 0.25) is 0 Å². The molecule has 0 spiro atoms. The van der Waals surface area contributed by atoms with Crippen LogP contribution in [0.2, 0.25) is 0 Å². The van der Waals surface area contributed by atoms with E-state index in [1.807, 2.05) is 25.7 Å². The second-order valence-electron chi connectivity index (χ2n) is 6.97. The zero-order chi connectivity index (χ0) is 16.2. The highest BCUT2D eigenvalue weighted by Gasteiger charge is 2.30. The maximum Gasteiger partial charge on any atom is 0.410 e. The molecule has 0 aromatic carbocycles. The highest BCUT2D eigenvalue weighted by atomic mass is 16.6. The zero-order valence-corrected chi connectivity index (χ0v) is 14.0. The van der Waals surface area contributed by atoms with E-state index in [4.69, 9.17) is 4.74 Å². The molecule has 0 bridgehead atoms. The van der Waals surface area contributed by atoms with Crippen LogP contribution in [0.1, 0.15) is 32.9 Å². The van der Waals surface area contributed by atoms with E-state index in [0.717, 1.165) is 38.3 Å². The molecule has 1 aliphatic rings. The van der Waals surface area contributed by atoms with Gasteiger partial charge in [-0.25, -0.2) is 4.79 Å². The number of hydrogen-bond acceptors (Lipinski definition) is 5. The predicted molar refractivity (Wildman–Crippen MR) is 84.3 cm³/mol. The molecule has 1 aromatic rings. The van der Waals surface area contributed by atoms with Crippen LogP contribution in [-0.4, -0.2) is 58.1 Å². The van der Waals surface area contributed by atoms with E-state index in [0.29, 0.717) is 5.92 Å². The standard InChI is InChI=1S/C16H26N4O2/c1-16(2,3)22-15(21)20-8-5-13(11-20)10-19(4)12-14-9-17-6-7-18-14/h6-7,9,13H,5,8,10-12H2,1-4H3/t13-/m1/s1. The van der Waals surface area contributed by atoms with Crippen LogP contribution in [0.15, 0.2) is 18.6 Å². The quantitative estimate of drug-likeness (QED) is 0.853. The molecule has 0 saturated carbocycles. The van der Waals surface area contributed by atoms with Gasteiger partial charge in [-0.3, -0.25) is 9.97 Å². The number of rotatable bonds is 4. The van der Waals surface area contributed by atoms with Gasteiger partial charge in [-0.05, 0) is 40.2 Å². The molecule has 0 unspecified atom stereocenters. The van der Waals surface area contributed by atoms with Gasteiger partial charge < -0.3 is 14.5 Å². The second kappa shape index (κ2) is 7.05. The van der Waals surface area contributed by atoms with Crippen LogP contribution in [0, 0.1) is 5.92 Å². The van der Waals surface area contributed by atoms with Crippen molar-refractivity contribution in [2.75, 3.05) is 26.7 Å². The minimum Gasteiger partial charge on any atom is -0.444 e. The van der Waals surface area contributed by atoms with Gasteiger partial charge in [-0.15, -0.1) is 0 Å². The fourth-order valence-corrected chi connectivity index (χ4v) is 2.67. The number of hydrogen-bond donors (Lipinski definition) is 0. The molecule has 1 aromatic heterocycles. The number of carbonyl (C=O) groups is 1. The lowest BCUT2D eigenvalue weighted by atomic mass is 10.1. The summed E-state index contributed by atoms with van der Waals surface area (Å²) in [6, 6.07) is 0. The van der Waals surface area contributed by atoms with E-state index in [-0.39, 0.29) is 6.09 Å². The lowest BCUT2D eigenvalue weighted by Gasteiger charge is -2.25. The van der Waals surface area contributed by atoms with E-state index < -0.39 is 5.60 Å². The van der Waals surface area contributed by atoms with Crippen LogP contribution in [0.25, 0.3) is 0 Å². The first-order valence-corrected chi connectivity index (χ1v) is 7.75. The Kier molecular flexibility index (Phi) is 5.34. The van der Waals surface area contributed by atoms with Crippen molar-refractivity contribution in [2.45, 2.75) is 39.3 Å². The fourth-order valence-electron chi connectivity index (χ4n) is 2.67. The largest absolute Gasteiger partial charge is 0.444 e. The molecule has 22 heavy (non-hydrogen) atoms. The fraction of sp³-hybridized carbons (Fsp3) is 0.688. The van der Waals surface area contributed by atoms with Crippen molar-refractivity contribution in [1.29, 1.82) is 0 Å².